The predicted molar refractivity (Wildman–Crippen MR) is 87.3 cm³/mol. The first-order valence-electron chi connectivity index (χ1n) is 7.06. The molecule has 0 aliphatic rings. The summed E-state index contributed by atoms with van der Waals surface area (Å²) < 4.78 is 38.4. The van der Waals surface area contributed by atoms with Crippen molar-refractivity contribution in [2.75, 3.05) is 5.32 Å². The van der Waals surface area contributed by atoms with E-state index in [-0.39, 0.29) is 10.8 Å². The lowest BCUT2D eigenvalue weighted by molar-refractivity contribution is -0.137. The average molecular weight is 364 g/mol. The van der Waals surface area contributed by atoms with Crippen LogP contribution in [0.3, 0.4) is 0 Å². The molecule has 5 nitrogen and oxygen atoms in total. The topological polar surface area (TPSA) is 67.8 Å². The molecule has 0 aliphatic carbocycles. The molecule has 9 heteroatoms. The summed E-state index contributed by atoms with van der Waals surface area (Å²) in [4.78, 5) is 24.2. The second kappa shape index (κ2) is 6.60. The van der Waals surface area contributed by atoms with Gasteiger partial charge in [-0.2, -0.15) is 13.2 Å². The van der Waals surface area contributed by atoms with Gasteiger partial charge in [-0.1, -0.05) is 12.1 Å². The van der Waals surface area contributed by atoms with E-state index >= 15 is 0 Å². The molecule has 0 bridgehead atoms. The fourth-order valence-electron chi connectivity index (χ4n) is 1.99. The molecular weight excluding hydrogens is 353 g/mol. The van der Waals surface area contributed by atoms with Crippen LogP contribution in [0.2, 0.25) is 0 Å². The van der Waals surface area contributed by atoms with Crippen LogP contribution in [0.15, 0.2) is 42.0 Å². The van der Waals surface area contributed by atoms with Gasteiger partial charge >= 0.3 is 6.18 Å². The van der Waals surface area contributed by atoms with Gasteiger partial charge in [0.2, 0.25) is 0 Å². The quantitative estimate of drug-likeness (QED) is 0.757. The second-order valence-corrected chi connectivity index (χ2v) is 5.97. The number of rotatable bonds is 3. The number of thiazole rings is 1. The Morgan fingerprint density at radius 1 is 1.20 bits per heavy atom. The van der Waals surface area contributed by atoms with Crippen molar-refractivity contribution >= 4 is 22.4 Å². The van der Waals surface area contributed by atoms with Crippen LogP contribution in [0.5, 0.6) is 0 Å². The Bertz CT molecular complexity index is 906. The zero-order valence-electron chi connectivity index (χ0n) is 12.8. The fourth-order valence-corrected chi connectivity index (χ4v) is 2.70. The van der Waals surface area contributed by atoms with E-state index in [4.69, 9.17) is 0 Å². The van der Waals surface area contributed by atoms with Crippen LogP contribution in [0, 0.1) is 6.92 Å². The van der Waals surface area contributed by atoms with Crippen LogP contribution >= 0.6 is 11.3 Å². The minimum atomic E-state index is -4.42. The van der Waals surface area contributed by atoms with Crippen molar-refractivity contribution in [1.82, 2.24) is 15.0 Å². The maximum absolute atomic E-state index is 12.8. The Hall–Kier alpha value is -2.81. The minimum absolute atomic E-state index is 0.126. The smallest absolute Gasteiger partial charge is 0.296 e. The molecule has 0 aliphatic heterocycles. The van der Waals surface area contributed by atoms with E-state index in [0.29, 0.717) is 17.0 Å². The molecular formula is C16H11F3N4OS. The van der Waals surface area contributed by atoms with Gasteiger partial charge in [0.05, 0.1) is 23.1 Å². The van der Waals surface area contributed by atoms with Crippen LogP contribution < -0.4 is 5.32 Å². The molecule has 0 saturated carbocycles. The van der Waals surface area contributed by atoms with E-state index in [0.717, 1.165) is 23.5 Å². The van der Waals surface area contributed by atoms with Gasteiger partial charge in [0, 0.05) is 17.1 Å². The maximum Gasteiger partial charge on any atom is 0.416 e. The first kappa shape index (κ1) is 17.0. The van der Waals surface area contributed by atoms with Crippen LogP contribution in [0.25, 0.3) is 11.3 Å². The number of halogens is 3. The first-order chi connectivity index (χ1) is 11.8. The number of anilines is 1. The summed E-state index contributed by atoms with van der Waals surface area (Å²) in [5.74, 6) is -0.488. The standard InChI is InChI=1S/C16H11F3N4OS/c1-9-6-21-12(7-20-9)14(24)23-15-22-13(8-25-15)10-3-2-4-11(5-10)16(17,18)19/h2-8H,1H3,(H,22,23,24). The van der Waals surface area contributed by atoms with Gasteiger partial charge in [-0.05, 0) is 19.1 Å². The van der Waals surface area contributed by atoms with Crippen LogP contribution in [0.1, 0.15) is 21.7 Å². The van der Waals surface area contributed by atoms with Gasteiger partial charge in [0.25, 0.3) is 5.91 Å². The molecule has 2 heterocycles. The molecule has 1 N–H and O–H groups in total. The molecule has 0 radical (unpaired) electrons. The zero-order chi connectivity index (χ0) is 18.0. The number of hydrogen-bond acceptors (Lipinski definition) is 5. The van der Waals surface area contributed by atoms with E-state index in [1.165, 1.54) is 24.5 Å². The van der Waals surface area contributed by atoms with E-state index < -0.39 is 17.6 Å². The van der Waals surface area contributed by atoms with E-state index in [9.17, 15) is 18.0 Å². The average Bonchev–Trinajstić information content (AvgIpc) is 3.03. The Kier molecular flexibility index (Phi) is 4.49. The number of amides is 1. The number of aryl methyl sites for hydroxylation is 1. The predicted octanol–water partition coefficient (Wildman–Crippen LogP) is 4.18. The van der Waals surface area contributed by atoms with E-state index in [1.54, 1.807) is 12.3 Å². The highest BCUT2D eigenvalue weighted by Gasteiger charge is 2.30. The van der Waals surface area contributed by atoms with Crippen molar-refractivity contribution in [3.8, 4) is 11.3 Å². The third-order valence-corrected chi connectivity index (χ3v) is 3.98. The molecule has 1 aromatic carbocycles. The summed E-state index contributed by atoms with van der Waals surface area (Å²) in [7, 11) is 0. The van der Waals surface area contributed by atoms with Crippen LogP contribution in [0.4, 0.5) is 18.3 Å². The summed E-state index contributed by atoms with van der Waals surface area (Å²) in [6.07, 6.45) is -1.62. The highest BCUT2D eigenvalue weighted by Crippen LogP contribution is 2.33. The maximum atomic E-state index is 12.8. The summed E-state index contributed by atoms with van der Waals surface area (Å²) in [6.45, 7) is 1.75. The lowest BCUT2D eigenvalue weighted by Gasteiger charge is -2.07. The normalized spacial score (nSPS) is 11.4. The van der Waals surface area contributed by atoms with E-state index in [2.05, 4.69) is 20.3 Å². The Balaban J connectivity index is 1.79. The molecule has 0 fully saturated rings. The molecule has 3 rings (SSSR count). The third kappa shape index (κ3) is 4.00. The van der Waals surface area contributed by atoms with Gasteiger partial charge in [-0.3, -0.25) is 15.1 Å². The number of benzene rings is 1. The molecule has 0 atom stereocenters. The van der Waals surface area contributed by atoms with Crippen molar-refractivity contribution in [3.63, 3.8) is 0 Å². The number of carbonyl (C=O) groups excluding carboxylic acids is 1. The Morgan fingerprint density at radius 2 is 2.00 bits per heavy atom. The highest BCUT2D eigenvalue weighted by atomic mass is 32.1. The molecule has 3 aromatic rings. The number of alkyl halides is 3. The number of aromatic nitrogens is 3. The number of nitrogens with one attached hydrogen (secondary N) is 1. The summed E-state index contributed by atoms with van der Waals surface area (Å²) >= 11 is 1.11. The lowest BCUT2D eigenvalue weighted by Crippen LogP contribution is -2.14. The SMILES string of the molecule is Cc1cnc(C(=O)Nc2nc(-c3cccc(C(F)(F)F)c3)cs2)cn1. The Labute approximate surface area is 144 Å². The molecule has 0 saturated heterocycles. The first-order valence-corrected chi connectivity index (χ1v) is 7.94. The van der Waals surface area contributed by atoms with Crippen molar-refractivity contribution in [2.24, 2.45) is 0 Å². The van der Waals surface area contributed by atoms with Gasteiger partial charge in [0.15, 0.2) is 5.13 Å². The van der Waals surface area contributed by atoms with Gasteiger partial charge < -0.3 is 0 Å². The molecule has 0 spiro atoms. The van der Waals surface area contributed by atoms with Crippen LogP contribution in [-0.2, 0) is 6.18 Å². The number of nitrogens with zero attached hydrogens (tertiary/aromatic N) is 3. The highest BCUT2D eigenvalue weighted by molar-refractivity contribution is 7.14. The summed E-state index contributed by atoms with van der Waals surface area (Å²) in [5, 5.41) is 4.40. The summed E-state index contributed by atoms with van der Waals surface area (Å²) in [6, 6.07) is 4.86. The van der Waals surface area contributed by atoms with Crippen molar-refractivity contribution in [1.29, 1.82) is 0 Å². The molecule has 25 heavy (non-hydrogen) atoms. The fraction of sp³-hybridized carbons (Fsp3) is 0.125. The van der Waals surface area contributed by atoms with Gasteiger partial charge in [-0.15, -0.1) is 11.3 Å². The molecule has 2 aromatic heterocycles. The van der Waals surface area contributed by atoms with Crippen molar-refractivity contribution in [2.45, 2.75) is 13.1 Å². The number of hydrogen-bond donors (Lipinski definition) is 1. The second-order valence-electron chi connectivity index (χ2n) is 5.11. The summed E-state index contributed by atoms with van der Waals surface area (Å²) in [5.41, 5.74) is 0.723. The number of carbonyl (C=O) groups is 1. The Morgan fingerprint density at radius 3 is 2.68 bits per heavy atom. The van der Waals surface area contributed by atoms with Gasteiger partial charge in [-0.25, -0.2) is 9.97 Å². The van der Waals surface area contributed by atoms with Crippen LogP contribution in [-0.4, -0.2) is 20.9 Å². The van der Waals surface area contributed by atoms with Crippen molar-refractivity contribution in [3.05, 3.63) is 59.0 Å². The minimum Gasteiger partial charge on any atom is -0.296 e. The van der Waals surface area contributed by atoms with Crippen molar-refractivity contribution < 1.29 is 18.0 Å². The zero-order valence-corrected chi connectivity index (χ0v) is 13.6. The van der Waals surface area contributed by atoms with Gasteiger partial charge in [0.1, 0.15) is 5.69 Å². The lowest BCUT2D eigenvalue weighted by atomic mass is 10.1. The monoisotopic (exact) mass is 364 g/mol. The molecule has 0 unspecified atom stereocenters. The molecule has 128 valence electrons. The molecule has 1 amide bonds. The third-order valence-electron chi connectivity index (χ3n) is 3.22. The van der Waals surface area contributed by atoms with E-state index in [1.807, 2.05) is 0 Å². The largest absolute Gasteiger partial charge is 0.416 e.